The first-order valence-corrected chi connectivity index (χ1v) is 13.8. The lowest BCUT2D eigenvalue weighted by Gasteiger charge is -2.58. The first-order chi connectivity index (χ1) is 17.7. The van der Waals surface area contributed by atoms with E-state index in [1.54, 1.807) is 12.1 Å². The molecule has 6 unspecified atom stereocenters. The van der Waals surface area contributed by atoms with Gasteiger partial charge in [0, 0.05) is 12.0 Å². The van der Waals surface area contributed by atoms with Gasteiger partial charge in [0.1, 0.15) is 11.4 Å². The second-order valence-electron chi connectivity index (χ2n) is 12.1. The Bertz CT molecular complexity index is 1140. The fourth-order valence-corrected chi connectivity index (χ4v) is 8.12. The zero-order valence-corrected chi connectivity index (χ0v) is 22.1. The predicted molar refractivity (Wildman–Crippen MR) is 142 cm³/mol. The van der Waals surface area contributed by atoms with Crippen LogP contribution in [0.3, 0.4) is 0 Å². The number of hydrogen-bond acceptors (Lipinski definition) is 4. The number of fused-ring (bicyclic) bond motifs is 5. The lowest BCUT2D eigenvalue weighted by Crippen LogP contribution is -2.54. The molecule has 2 N–H and O–H groups in total. The average molecular weight is 507 g/mol. The molecule has 0 radical (unpaired) electrons. The van der Waals surface area contributed by atoms with Crippen LogP contribution in [0.4, 0.5) is 4.39 Å². The number of oxime groups is 1. The summed E-state index contributed by atoms with van der Waals surface area (Å²) < 4.78 is 13.0. The molecule has 3 saturated carbocycles. The van der Waals surface area contributed by atoms with E-state index in [0.717, 1.165) is 62.6 Å². The number of terminal acetylenes is 1. The van der Waals surface area contributed by atoms with Gasteiger partial charge in [-0.15, -0.1) is 6.42 Å². The molecule has 0 aromatic heterocycles. The number of amides is 1. The number of rotatable bonds is 6. The Hall–Kier alpha value is -2.65. The third-order valence-corrected chi connectivity index (χ3v) is 10.4. The number of carbonyl (C=O) groups is 1. The number of nitrogens with one attached hydrogen (secondary N) is 1. The summed E-state index contributed by atoms with van der Waals surface area (Å²) in [5.41, 5.74) is 2.36. The van der Waals surface area contributed by atoms with Crippen molar-refractivity contribution < 1.29 is 19.1 Å². The minimum atomic E-state index is -0.962. The Morgan fingerprint density at radius 2 is 1.92 bits per heavy atom. The van der Waals surface area contributed by atoms with Crippen LogP contribution in [0.25, 0.3) is 0 Å². The molecule has 1 aromatic rings. The van der Waals surface area contributed by atoms with Crippen LogP contribution in [0.2, 0.25) is 0 Å². The van der Waals surface area contributed by atoms with E-state index in [1.807, 2.05) is 0 Å². The summed E-state index contributed by atoms with van der Waals surface area (Å²) in [5, 5.41) is 18.3. The summed E-state index contributed by atoms with van der Waals surface area (Å²) in [6.45, 7) is 5.01. The van der Waals surface area contributed by atoms with Gasteiger partial charge in [-0.05, 0) is 105 Å². The molecular weight excluding hydrogens is 467 g/mol. The van der Waals surface area contributed by atoms with Crippen molar-refractivity contribution in [2.24, 2.45) is 33.7 Å². The topological polar surface area (TPSA) is 70.9 Å². The van der Waals surface area contributed by atoms with E-state index in [1.165, 1.54) is 17.7 Å². The van der Waals surface area contributed by atoms with Crippen molar-refractivity contribution in [3.63, 3.8) is 0 Å². The summed E-state index contributed by atoms with van der Waals surface area (Å²) >= 11 is 0. The molecule has 5 rings (SSSR count). The fraction of sp³-hybridized carbons (Fsp3) is 0.613. The van der Waals surface area contributed by atoms with Crippen LogP contribution in [0.1, 0.15) is 70.8 Å². The van der Waals surface area contributed by atoms with Gasteiger partial charge in [-0.1, -0.05) is 42.6 Å². The van der Waals surface area contributed by atoms with Gasteiger partial charge < -0.3 is 15.3 Å². The fourth-order valence-electron chi connectivity index (χ4n) is 8.12. The summed E-state index contributed by atoms with van der Waals surface area (Å²) in [7, 11) is 0. The number of allylic oxidation sites excluding steroid dienone is 2. The zero-order chi connectivity index (χ0) is 26.3. The molecule has 0 spiro atoms. The van der Waals surface area contributed by atoms with Crippen LogP contribution in [0.15, 0.2) is 41.1 Å². The maximum absolute atomic E-state index is 13.0. The minimum absolute atomic E-state index is 0.115. The predicted octanol–water partition coefficient (Wildman–Crippen LogP) is 5.18. The average Bonchev–Trinajstić information content (AvgIpc) is 3.16. The van der Waals surface area contributed by atoms with Gasteiger partial charge in [0.05, 0.1) is 5.71 Å². The first kappa shape index (κ1) is 26.0. The van der Waals surface area contributed by atoms with Gasteiger partial charge in [0.2, 0.25) is 0 Å². The van der Waals surface area contributed by atoms with Gasteiger partial charge >= 0.3 is 0 Å². The molecule has 1 aromatic carbocycles. The second-order valence-corrected chi connectivity index (χ2v) is 12.1. The number of carbonyl (C=O) groups excluding carboxylic acids is 1. The summed E-state index contributed by atoms with van der Waals surface area (Å²) in [5.74, 6) is 4.00. The Labute approximate surface area is 219 Å². The normalized spacial score (nSPS) is 37.5. The molecule has 0 bridgehead atoms. The second kappa shape index (κ2) is 9.91. The van der Waals surface area contributed by atoms with E-state index in [0.29, 0.717) is 30.7 Å². The van der Waals surface area contributed by atoms with Crippen molar-refractivity contribution in [2.45, 2.75) is 77.2 Å². The van der Waals surface area contributed by atoms with Gasteiger partial charge in [-0.3, -0.25) is 4.79 Å². The van der Waals surface area contributed by atoms with E-state index in [4.69, 9.17) is 11.3 Å². The number of halogens is 1. The standard InChI is InChI=1S/C31H39FN2O3/c1-4-31(36)17-13-27-25-10-7-22-19-24(11-15-29(22,2)26(25)12-16-30(27,31)3)34-37-20-28(35)33-18-14-21-5-8-23(32)9-6-21/h1,5-6,8-9,19,25-27,36H,7,10-18,20H2,2-3H3,(H,33,35). The van der Waals surface area contributed by atoms with Crippen LogP contribution < -0.4 is 5.32 Å². The number of benzene rings is 1. The highest BCUT2D eigenvalue weighted by Gasteiger charge is 2.63. The highest BCUT2D eigenvalue weighted by molar-refractivity contribution is 5.96. The molecule has 4 aliphatic rings. The van der Waals surface area contributed by atoms with Gasteiger partial charge in [-0.25, -0.2) is 4.39 Å². The largest absolute Gasteiger partial charge is 0.385 e. The molecule has 6 atom stereocenters. The van der Waals surface area contributed by atoms with Crippen molar-refractivity contribution in [3.05, 3.63) is 47.3 Å². The SMILES string of the molecule is C#CC1(O)CCC2C3CCC4=CC(=NOCC(=O)NCCc5ccc(F)cc5)CCC4(C)C3CCC21C. The molecule has 6 heteroatoms. The molecular formula is C31H39FN2O3. The van der Waals surface area contributed by atoms with E-state index in [2.05, 4.69) is 36.3 Å². The van der Waals surface area contributed by atoms with Crippen molar-refractivity contribution in [1.82, 2.24) is 5.32 Å². The number of hydrogen-bond donors (Lipinski definition) is 2. The zero-order valence-electron chi connectivity index (χ0n) is 22.1. The van der Waals surface area contributed by atoms with E-state index < -0.39 is 5.60 Å². The quantitative estimate of drug-likeness (QED) is 0.412. The monoisotopic (exact) mass is 506 g/mol. The molecule has 3 fully saturated rings. The molecule has 198 valence electrons. The third kappa shape index (κ3) is 4.61. The highest BCUT2D eigenvalue weighted by Crippen LogP contribution is 2.67. The van der Waals surface area contributed by atoms with Crippen molar-refractivity contribution in [3.8, 4) is 12.3 Å². The maximum Gasteiger partial charge on any atom is 0.260 e. The van der Waals surface area contributed by atoms with Crippen molar-refractivity contribution in [1.29, 1.82) is 0 Å². The molecule has 0 heterocycles. The molecule has 4 aliphatic carbocycles. The summed E-state index contributed by atoms with van der Waals surface area (Å²) in [6, 6.07) is 6.29. The molecule has 0 aliphatic heterocycles. The van der Waals surface area contributed by atoms with Gasteiger partial charge in [0.15, 0.2) is 6.61 Å². The molecule has 0 saturated heterocycles. The Morgan fingerprint density at radius 3 is 2.68 bits per heavy atom. The smallest absolute Gasteiger partial charge is 0.260 e. The Morgan fingerprint density at radius 1 is 1.16 bits per heavy atom. The highest BCUT2D eigenvalue weighted by atomic mass is 19.1. The van der Waals surface area contributed by atoms with Crippen LogP contribution in [0, 0.1) is 46.7 Å². The Balaban J connectivity index is 1.16. The van der Waals surface area contributed by atoms with E-state index >= 15 is 0 Å². The van der Waals surface area contributed by atoms with Crippen LogP contribution in [-0.2, 0) is 16.1 Å². The van der Waals surface area contributed by atoms with Crippen LogP contribution in [-0.4, -0.2) is 35.5 Å². The number of nitrogens with zero attached hydrogens (tertiary/aromatic N) is 1. The maximum atomic E-state index is 13.0. The Kier molecular flexibility index (Phi) is 6.96. The van der Waals surface area contributed by atoms with Crippen LogP contribution in [0.5, 0.6) is 0 Å². The third-order valence-electron chi connectivity index (χ3n) is 10.4. The van der Waals surface area contributed by atoms with Gasteiger partial charge in [0.25, 0.3) is 5.91 Å². The first-order valence-electron chi connectivity index (χ1n) is 13.8. The molecule has 1 amide bonds. The minimum Gasteiger partial charge on any atom is -0.385 e. The lowest BCUT2D eigenvalue weighted by molar-refractivity contribution is -0.125. The van der Waals surface area contributed by atoms with Crippen LogP contribution >= 0.6 is 0 Å². The number of aliphatic hydroxyl groups is 1. The van der Waals surface area contributed by atoms with Crippen molar-refractivity contribution >= 4 is 11.6 Å². The van der Waals surface area contributed by atoms with Crippen molar-refractivity contribution in [2.75, 3.05) is 13.2 Å². The molecule has 37 heavy (non-hydrogen) atoms. The van der Waals surface area contributed by atoms with Gasteiger partial charge in [-0.2, -0.15) is 0 Å². The summed E-state index contributed by atoms with van der Waals surface area (Å²) in [4.78, 5) is 17.6. The lowest BCUT2D eigenvalue weighted by atomic mass is 9.46. The van der Waals surface area contributed by atoms with E-state index in [9.17, 15) is 14.3 Å². The summed E-state index contributed by atoms with van der Waals surface area (Å²) in [6.07, 6.45) is 16.6. The molecule has 5 nitrogen and oxygen atoms in total. The van der Waals surface area contributed by atoms with E-state index in [-0.39, 0.29) is 29.2 Å².